The predicted molar refractivity (Wildman–Crippen MR) is 81.5 cm³/mol. The molecule has 1 aliphatic heterocycles. The molecule has 1 heterocycles. The van der Waals surface area contributed by atoms with Gasteiger partial charge in [-0.1, -0.05) is 23.7 Å². The molecule has 1 aromatic carbocycles. The molecule has 0 aromatic heterocycles. The Morgan fingerprint density at radius 2 is 2.14 bits per heavy atom. The van der Waals surface area contributed by atoms with E-state index in [4.69, 9.17) is 16.3 Å². The highest BCUT2D eigenvalue weighted by molar-refractivity contribution is 6.30. The normalized spacial score (nSPS) is 23.0. The highest BCUT2D eigenvalue weighted by Crippen LogP contribution is 2.32. The number of amides is 1. The first-order valence-electron chi connectivity index (χ1n) is 7.14. The summed E-state index contributed by atoms with van der Waals surface area (Å²) in [5.74, 6) is -0.220. The minimum absolute atomic E-state index is 0.0616. The molecule has 3 nitrogen and oxygen atoms in total. The van der Waals surface area contributed by atoms with Crippen LogP contribution >= 0.6 is 11.6 Å². The smallest absolute Gasteiger partial charge is 0.410 e. The molecule has 1 aromatic rings. The fraction of sp³-hybridized carbons (Fsp3) is 0.562. The lowest BCUT2D eigenvalue weighted by Crippen LogP contribution is -2.46. The highest BCUT2D eigenvalue weighted by Gasteiger charge is 2.34. The van der Waals surface area contributed by atoms with Crippen LogP contribution in [-0.4, -0.2) is 35.9 Å². The molecule has 1 saturated heterocycles. The summed E-state index contributed by atoms with van der Waals surface area (Å²) >= 11 is 5.96. The van der Waals surface area contributed by atoms with Crippen LogP contribution < -0.4 is 0 Å². The van der Waals surface area contributed by atoms with Crippen molar-refractivity contribution in [1.82, 2.24) is 4.90 Å². The van der Waals surface area contributed by atoms with Gasteiger partial charge in [0.25, 0.3) is 0 Å². The van der Waals surface area contributed by atoms with Crippen LogP contribution in [0.2, 0.25) is 5.02 Å². The molecule has 0 N–H and O–H groups in total. The molecule has 5 heteroatoms. The van der Waals surface area contributed by atoms with E-state index in [0.717, 1.165) is 5.56 Å². The first-order valence-corrected chi connectivity index (χ1v) is 7.51. The number of carbonyl (C=O) groups excluding carboxylic acids is 1. The summed E-state index contributed by atoms with van der Waals surface area (Å²) in [5, 5.41) is 0.606. The maximum atomic E-state index is 14.4. The van der Waals surface area contributed by atoms with E-state index in [1.54, 1.807) is 32.9 Å². The SMILES string of the molecule is CC(C)(C)OC(=O)N1CCC(c2cccc(Cl)c2)C(F)C1. The summed E-state index contributed by atoms with van der Waals surface area (Å²) in [4.78, 5) is 13.4. The molecule has 0 bridgehead atoms. The fourth-order valence-electron chi connectivity index (χ4n) is 2.51. The number of carbonyl (C=O) groups is 1. The topological polar surface area (TPSA) is 29.5 Å². The largest absolute Gasteiger partial charge is 0.444 e. The Morgan fingerprint density at radius 3 is 2.71 bits per heavy atom. The maximum Gasteiger partial charge on any atom is 0.410 e. The van der Waals surface area contributed by atoms with Crippen molar-refractivity contribution >= 4 is 17.7 Å². The molecule has 0 saturated carbocycles. The number of benzene rings is 1. The van der Waals surface area contributed by atoms with Crippen molar-refractivity contribution in [3.63, 3.8) is 0 Å². The Kier molecular flexibility index (Phi) is 4.77. The van der Waals surface area contributed by atoms with Crippen molar-refractivity contribution in [1.29, 1.82) is 0 Å². The van der Waals surface area contributed by atoms with Crippen LogP contribution in [0.4, 0.5) is 9.18 Å². The molecule has 2 atom stereocenters. The standard InChI is InChI=1S/C16H21ClFNO2/c1-16(2,3)21-15(20)19-8-7-13(14(18)10-19)11-5-4-6-12(17)9-11/h4-6,9,13-14H,7-8,10H2,1-3H3. The van der Waals surface area contributed by atoms with Gasteiger partial charge in [0.1, 0.15) is 11.8 Å². The zero-order chi connectivity index (χ0) is 15.6. The van der Waals surface area contributed by atoms with E-state index >= 15 is 0 Å². The van der Waals surface area contributed by atoms with Gasteiger partial charge in [-0.15, -0.1) is 0 Å². The van der Waals surface area contributed by atoms with Crippen LogP contribution in [0.25, 0.3) is 0 Å². The summed E-state index contributed by atoms with van der Waals surface area (Å²) in [7, 11) is 0. The molecule has 21 heavy (non-hydrogen) atoms. The second-order valence-electron chi connectivity index (χ2n) is 6.39. The summed E-state index contributed by atoms with van der Waals surface area (Å²) in [5.41, 5.74) is 0.325. The molecule has 1 fully saturated rings. The van der Waals surface area contributed by atoms with E-state index in [0.29, 0.717) is 18.0 Å². The average Bonchev–Trinajstić information content (AvgIpc) is 2.36. The third-order valence-corrected chi connectivity index (χ3v) is 3.71. The van der Waals surface area contributed by atoms with Gasteiger partial charge < -0.3 is 9.64 Å². The van der Waals surface area contributed by atoms with Crippen molar-refractivity contribution in [2.45, 2.75) is 44.9 Å². The zero-order valence-electron chi connectivity index (χ0n) is 12.6. The monoisotopic (exact) mass is 313 g/mol. The van der Waals surface area contributed by atoms with E-state index in [1.807, 2.05) is 12.1 Å². The first-order chi connectivity index (χ1) is 9.76. The molecule has 0 aliphatic carbocycles. The average molecular weight is 314 g/mol. The Morgan fingerprint density at radius 1 is 1.43 bits per heavy atom. The van der Waals surface area contributed by atoms with Gasteiger partial charge >= 0.3 is 6.09 Å². The number of likely N-dealkylation sites (tertiary alicyclic amines) is 1. The first kappa shape index (κ1) is 16.1. The Hall–Kier alpha value is -1.29. The van der Waals surface area contributed by atoms with E-state index in [-0.39, 0.29) is 12.5 Å². The molecule has 1 amide bonds. The van der Waals surface area contributed by atoms with Crippen LogP contribution in [0.3, 0.4) is 0 Å². The van der Waals surface area contributed by atoms with Gasteiger partial charge in [0, 0.05) is 17.5 Å². The number of alkyl halides is 1. The molecule has 0 spiro atoms. The van der Waals surface area contributed by atoms with Crippen molar-refractivity contribution in [2.24, 2.45) is 0 Å². The van der Waals surface area contributed by atoms with E-state index in [2.05, 4.69) is 0 Å². The van der Waals surface area contributed by atoms with Crippen LogP contribution in [0, 0.1) is 0 Å². The van der Waals surface area contributed by atoms with Crippen LogP contribution in [0.15, 0.2) is 24.3 Å². The minimum Gasteiger partial charge on any atom is -0.444 e. The third kappa shape index (κ3) is 4.34. The number of ether oxygens (including phenoxy) is 1. The van der Waals surface area contributed by atoms with Crippen molar-refractivity contribution in [2.75, 3.05) is 13.1 Å². The lowest BCUT2D eigenvalue weighted by atomic mass is 9.88. The number of rotatable bonds is 1. The molecule has 1 aliphatic rings. The number of halogens is 2. The lowest BCUT2D eigenvalue weighted by molar-refractivity contribution is 0.0111. The van der Waals surface area contributed by atoms with Gasteiger partial charge in [0.15, 0.2) is 0 Å². The second kappa shape index (κ2) is 6.22. The van der Waals surface area contributed by atoms with Crippen LogP contribution in [0.5, 0.6) is 0 Å². The lowest BCUT2D eigenvalue weighted by Gasteiger charge is -2.35. The molecular formula is C16H21ClFNO2. The minimum atomic E-state index is -1.11. The van der Waals surface area contributed by atoms with Gasteiger partial charge in [-0.05, 0) is 44.9 Å². The third-order valence-electron chi connectivity index (χ3n) is 3.47. The molecule has 2 unspecified atom stereocenters. The molecule has 2 rings (SSSR count). The van der Waals surface area contributed by atoms with Crippen LogP contribution in [0.1, 0.15) is 38.7 Å². The van der Waals surface area contributed by atoms with E-state index in [1.165, 1.54) is 4.90 Å². The Labute approximate surface area is 130 Å². The second-order valence-corrected chi connectivity index (χ2v) is 6.83. The maximum absolute atomic E-state index is 14.4. The van der Waals surface area contributed by atoms with Gasteiger partial charge in [-0.2, -0.15) is 0 Å². The zero-order valence-corrected chi connectivity index (χ0v) is 13.4. The van der Waals surface area contributed by atoms with E-state index < -0.39 is 17.9 Å². The van der Waals surface area contributed by atoms with Gasteiger partial charge in [-0.3, -0.25) is 0 Å². The Balaban J connectivity index is 2.01. The van der Waals surface area contributed by atoms with Crippen molar-refractivity contribution in [3.05, 3.63) is 34.9 Å². The van der Waals surface area contributed by atoms with Crippen molar-refractivity contribution < 1.29 is 13.9 Å². The summed E-state index contributed by atoms with van der Waals surface area (Å²) in [6.45, 7) is 5.96. The summed E-state index contributed by atoms with van der Waals surface area (Å²) < 4.78 is 19.7. The number of piperidine rings is 1. The van der Waals surface area contributed by atoms with E-state index in [9.17, 15) is 9.18 Å². The molecule has 116 valence electrons. The summed E-state index contributed by atoms with van der Waals surface area (Å²) in [6, 6.07) is 7.27. The quantitative estimate of drug-likeness (QED) is 0.769. The molecule has 0 radical (unpaired) electrons. The molecular weight excluding hydrogens is 293 g/mol. The number of hydrogen-bond donors (Lipinski definition) is 0. The fourth-order valence-corrected chi connectivity index (χ4v) is 2.71. The van der Waals surface area contributed by atoms with Gasteiger partial charge in [0.05, 0.1) is 6.54 Å². The Bertz CT molecular complexity index is 515. The number of nitrogens with zero attached hydrogens (tertiary/aromatic N) is 1. The number of hydrogen-bond acceptors (Lipinski definition) is 2. The summed E-state index contributed by atoms with van der Waals surface area (Å²) in [6.07, 6.45) is -0.986. The van der Waals surface area contributed by atoms with Gasteiger partial charge in [0.2, 0.25) is 0 Å². The van der Waals surface area contributed by atoms with Crippen LogP contribution in [-0.2, 0) is 4.74 Å². The van der Waals surface area contributed by atoms with Gasteiger partial charge in [-0.25, -0.2) is 9.18 Å². The van der Waals surface area contributed by atoms with Crippen molar-refractivity contribution in [3.8, 4) is 0 Å². The predicted octanol–water partition coefficient (Wildman–Crippen LogP) is 4.40. The highest BCUT2D eigenvalue weighted by atomic mass is 35.5.